The topological polar surface area (TPSA) is 83.0 Å². The lowest BCUT2D eigenvalue weighted by molar-refractivity contribution is 0.126. The Hall–Kier alpha value is -1.95. The van der Waals surface area contributed by atoms with E-state index in [4.69, 9.17) is 0 Å². The molecule has 0 bridgehead atoms. The van der Waals surface area contributed by atoms with E-state index in [1.165, 1.54) is 0 Å². The van der Waals surface area contributed by atoms with Gasteiger partial charge < -0.3 is 15.7 Å². The highest BCUT2D eigenvalue weighted by molar-refractivity contribution is 5.88. The van der Waals surface area contributed by atoms with Gasteiger partial charge in [-0.25, -0.2) is 15.0 Å². The first-order valence-electron chi connectivity index (χ1n) is 7.94. The van der Waals surface area contributed by atoms with E-state index in [9.17, 15) is 5.11 Å². The second-order valence-electron chi connectivity index (χ2n) is 6.24. The maximum absolute atomic E-state index is 9.58. The number of nitrogens with one attached hydrogen (secondary N) is 2. The highest BCUT2D eigenvalue weighted by atomic mass is 16.3. The lowest BCUT2D eigenvalue weighted by atomic mass is 9.93. The molecule has 2 aromatic heterocycles. The lowest BCUT2D eigenvalue weighted by Gasteiger charge is -2.26. The van der Waals surface area contributed by atoms with Gasteiger partial charge in [-0.1, -0.05) is 0 Å². The van der Waals surface area contributed by atoms with Gasteiger partial charge in [0.1, 0.15) is 5.52 Å². The largest absolute Gasteiger partial charge is 0.393 e. The molecule has 0 atom stereocenters. The van der Waals surface area contributed by atoms with Crippen molar-refractivity contribution in [1.29, 1.82) is 0 Å². The number of fused-ring (bicyclic) bond motifs is 1. The molecule has 1 saturated carbocycles. The van der Waals surface area contributed by atoms with E-state index in [-0.39, 0.29) is 6.10 Å². The molecule has 0 spiro atoms. The van der Waals surface area contributed by atoms with Crippen molar-refractivity contribution in [3.05, 3.63) is 18.5 Å². The van der Waals surface area contributed by atoms with Crippen molar-refractivity contribution in [2.75, 3.05) is 10.6 Å². The van der Waals surface area contributed by atoms with Crippen molar-refractivity contribution in [3.8, 4) is 0 Å². The predicted molar refractivity (Wildman–Crippen MR) is 88.0 cm³/mol. The Kier molecular flexibility index (Phi) is 4.38. The van der Waals surface area contributed by atoms with E-state index >= 15 is 0 Å². The standard InChI is InChI=1S/C16H23N5O/c1-10(2)19-15-14-11(7-8-17-15)9-18-16(21-14)20-12-3-5-13(22)6-4-12/h7-10,12-13,22H,3-6H2,1-2H3,(H,17,19)(H,18,20,21)/t12-,13-. The molecule has 1 aliphatic rings. The molecule has 2 heterocycles. The molecule has 6 heteroatoms. The molecular formula is C16H23N5O. The number of pyridine rings is 1. The van der Waals surface area contributed by atoms with E-state index in [1.54, 1.807) is 6.20 Å². The minimum Gasteiger partial charge on any atom is -0.393 e. The van der Waals surface area contributed by atoms with Gasteiger partial charge in [0.15, 0.2) is 5.82 Å². The van der Waals surface area contributed by atoms with Crippen molar-refractivity contribution in [1.82, 2.24) is 15.0 Å². The van der Waals surface area contributed by atoms with Gasteiger partial charge in [0, 0.05) is 29.9 Å². The highest BCUT2D eigenvalue weighted by Gasteiger charge is 2.20. The number of nitrogens with zero attached hydrogens (tertiary/aromatic N) is 3. The minimum atomic E-state index is -0.151. The molecule has 0 aromatic carbocycles. The zero-order valence-electron chi connectivity index (χ0n) is 13.1. The Morgan fingerprint density at radius 2 is 1.95 bits per heavy atom. The van der Waals surface area contributed by atoms with Crippen molar-refractivity contribution < 1.29 is 5.11 Å². The van der Waals surface area contributed by atoms with Gasteiger partial charge in [0.25, 0.3) is 0 Å². The Bertz CT molecular complexity index is 637. The molecule has 0 amide bonds. The van der Waals surface area contributed by atoms with Gasteiger partial charge in [0.05, 0.1) is 6.10 Å². The summed E-state index contributed by atoms with van der Waals surface area (Å²) in [6.07, 6.45) is 7.03. The molecule has 0 saturated heterocycles. The highest BCUT2D eigenvalue weighted by Crippen LogP contribution is 2.23. The molecule has 6 nitrogen and oxygen atoms in total. The van der Waals surface area contributed by atoms with Gasteiger partial charge in [-0.05, 0) is 45.6 Å². The summed E-state index contributed by atoms with van der Waals surface area (Å²) < 4.78 is 0. The molecule has 3 rings (SSSR count). The normalized spacial score (nSPS) is 22.0. The Balaban J connectivity index is 1.82. The first-order chi connectivity index (χ1) is 10.6. The number of aliphatic hydroxyl groups excluding tert-OH is 1. The number of aromatic nitrogens is 3. The first-order valence-corrected chi connectivity index (χ1v) is 7.94. The zero-order valence-corrected chi connectivity index (χ0v) is 13.1. The summed E-state index contributed by atoms with van der Waals surface area (Å²) in [6, 6.07) is 2.55. The maximum atomic E-state index is 9.58. The van der Waals surface area contributed by atoms with Crippen LogP contribution in [0.1, 0.15) is 39.5 Å². The summed E-state index contributed by atoms with van der Waals surface area (Å²) in [5.74, 6) is 1.42. The summed E-state index contributed by atoms with van der Waals surface area (Å²) in [5, 5.41) is 17.3. The van der Waals surface area contributed by atoms with Crippen LogP contribution in [0.4, 0.5) is 11.8 Å². The third kappa shape index (κ3) is 3.44. The summed E-state index contributed by atoms with van der Waals surface area (Å²) >= 11 is 0. The molecule has 2 aromatic rings. The Morgan fingerprint density at radius 3 is 2.68 bits per heavy atom. The summed E-state index contributed by atoms with van der Waals surface area (Å²) in [7, 11) is 0. The van der Waals surface area contributed by atoms with Crippen LogP contribution >= 0.6 is 0 Å². The SMILES string of the molecule is CC(C)Nc1nccc2cnc(N[C@H]3CC[C@H](O)CC3)nc12. The minimum absolute atomic E-state index is 0.151. The molecule has 0 aliphatic heterocycles. The third-order valence-electron chi connectivity index (χ3n) is 3.95. The number of hydrogen-bond acceptors (Lipinski definition) is 6. The lowest BCUT2D eigenvalue weighted by Crippen LogP contribution is -2.28. The van der Waals surface area contributed by atoms with Gasteiger partial charge in [0.2, 0.25) is 5.95 Å². The van der Waals surface area contributed by atoms with Crippen molar-refractivity contribution in [2.45, 2.75) is 57.7 Å². The van der Waals surface area contributed by atoms with Crippen molar-refractivity contribution >= 4 is 22.7 Å². The predicted octanol–water partition coefficient (Wildman–Crippen LogP) is 2.56. The van der Waals surface area contributed by atoms with Crippen LogP contribution in [0.25, 0.3) is 10.9 Å². The first kappa shape index (κ1) is 15.0. The number of anilines is 2. The molecule has 0 radical (unpaired) electrons. The Labute approximate surface area is 130 Å². The molecule has 1 aliphatic carbocycles. The summed E-state index contributed by atoms with van der Waals surface area (Å²) in [6.45, 7) is 4.16. The van der Waals surface area contributed by atoms with E-state index < -0.39 is 0 Å². The van der Waals surface area contributed by atoms with Crippen molar-refractivity contribution in [3.63, 3.8) is 0 Å². The van der Waals surface area contributed by atoms with Gasteiger partial charge in [-0.2, -0.15) is 0 Å². The number of rotatable bonds is 4. The van der Waals surface area contributed by atoms with Crippen LogP contribution in [0.2, 0.25) is 0 Å². The zero-order chi connectivity index (χ0) is 15.5. The van der Waals surface area contributed by atoms with E-state index in [0.29, 0.717) is 18.0 Å². The fourth-order valence-electron chi connectivity index (χ4n) is 2.81. The van der Waals surface area contributed by atoms with E-state index in [0.717, 1.165) is 42.4 Å². The van der Waals surface area contributed by atoms with E-state index in [1.807, 2.05) is 12.3 Å². The summed E-state index contributed by atoms with van der Waals surface area (Å²) in [4.78, 5) is 13.4. The smallest absolute Gasteiger partial charge is 0.223 e. The molecule has 3 N–H and O–H groups in total. The molecule has 118 valence electrons. The maximum Gasteiger partial charge on any atom is 0.223 e. The number of hydrogen-bond donors (Lipinski definition) is 3. The fraction of sp³-hybridized carbons (Fsp3) is 0.562. The van der Waals surface area contributed by atoms with Crippen LogP contribution in [0.15, 0.2) is 18.5 Å². The monoisotopic (exact) mass is 301 g/mol. The second-order valence-corrected chi connectivity index (χ2v) is 6.24. The fourth-order valence-corrected chi connectivity index (χ4v) is 2.81. The molecule has 0 unspecified atom stereocenters. The van der Waals surface area contributed by atoms with E-state index in [2.05, 4.69) is 39.4 Å². The molecule has 22 heavy (non-hydrogen) atoms. The van der Waals surface area contributed by atoms with Crippen LogP contribution in [0.5, 0.6) is 0 Å². The third-order valence-corrected chi connectivity index (χ3v) is 3.95. The average molecular weight is 301 g/mol. The molecule has 1 fully saturated rings. The average Bonchev–Trinajstić information content (AvgIpc) is 2.50. The van der Waals surface area contributed by atoms with Crippen molar-refractivity contribution in [2.24, 2.45) is 0 Å². The number of aliphatic hydroxyl groups is 1. The van der Waals surface area contributed by atoms with Crippen LogP contribution < -0.4 is 10.6 Å². The summed E-state index contributed by atoms with van der Waals surface area (Å²) in [5.41, 5.74) is 0.838. The van der Waals surface area contributed by atoms with Gasteiger partial charge >= 0.3 is 0 Å². The van der Waals surface area contributed by atoms with Crippen LogP contribution in [0.3, 0.4) is 0 Å². The van der Waals surface area contributed by atoms with Crippen LogP contribution in [-0.4, -0.2) is 38.2 Å². The quantitative estimate of drug-likeness (QED) is 0.805. The Morgan fingerprint density at radius 1 is 1.18 bits per heavy atom. The molecular weight excluding hydrogens is 278 g/mol. The van der Waals surface area contributed by atoms with Crippen LogP contribution in [-0.2, 0) is 0 Å². The van der Waals surface area contributed by atoms with Crippen LogP contribution in [0, 0.1) is 0 Å². The second kappa shape index (κ2) is 6.44. The van der Waals surface area contributed by atoms with Gasteiger partial charge in [-0.15, -0.1) is 0 Å². The van der Waals surface area contributed by atoms with Gasteiger partial charge in [-0.3, -0.25) is 0 Å².